The monoisotopic (exact) mass is 211 g/mol. The molecule has 0 aliphatic carbocycles. The van der Waals surface area contributed by atoms with E-state index in [0.29, 0.717) is 6.42 Å². The van der Waals surface area contributed by atoms with Crippen LogP contribution in [0.25, 0.3) is 0 Å². The number of carbonyl (C=O) groups excluding carboxylic acids is 1. The second-order valence-corrected chi connectivity index (χ2v) is 3.99. The summed E-state index contributed by atoms with van der Waals surface area (Å²) in [5, 5.41) is 2.05. The maximum atomic E-state index is 10.8. The van der Waals surface area contributed by atoms with Crippen molar-refractivity contribution in [3.63, 3.8) is 0 Å². The van der Waals surface area contributed by atoms with Crippen molar-refractivity contribution in [3.05, 3.63) is 11.9 Å². The van der Waals surface area contributed by atoms with Gasteiger partial charge >= 0.3 is 0 Å². The lowest BCUT2D eigenvalue weighted by Crippen LogP contribution is -2.36. The molecule has 0 atom stereocenters. The molecule has 1 aliphatic rings. The normalized spacial score (nSPS) is 15.1. The highest BCUT2D eigenvalue weighted by Gasteiger charge is 2.10. The summed E-state index contributed by atoms with van der Waals surface area (Å²) in [7, 11) is 0. The number of hydrogen-bond acceptors (Lipinski definition) is 4. The number of rotatable bonds is 7. The summed E-state index contributed by atoms with van der Waals surface area (Å²) in [5.41, 5.74) is 7.24. The van der Waals surface area contributed by atoms with Crippen molar-refractivity contribution in [2.45, 2.75) is 46.0 Å². The molecule has 0 bridgehead atoms. The van der Waals surface area contributed by atoms with Crippen LogP contribution in [-0.4, -0.2) is 17.3 Å². The minimum Gasteiger partial charge on any atom is -0.306 e. The van der Waals surface area contributed by atoms with Crippen molar-refractivity contribution < 1.29 is 4.79 Å². The van der Waals surface area contributed by atoms with Crippen LogP contribution in [0.2, 0.25) is 0 Å². The molecule has 0 unspecified atom stereocenters. The quantitative estimate of drug-likeness (QED) is 0.629. The minimum atomic E-state index is 0.238. The third kappa shape index (κ3) is 4.83. The number of hydrogen-bond donors (Lipinski definition) is 2. The molecule has 0 amide bonds. The number of ketones is 1. The molecule has 15 heavy (non-hydrogen) atoms. The van der Waals surface area contributed by atoms with E-state index in [1.54, 1.807) is 6.92 Å². The number of Topliss-reactive ketones (excluding diaryl/α,β-unsaturated/α-hetero) is 1. The minimum absolute atomic E-state index is 0.238. The summed E-state index contributed by atoms with van der Waals surface area (Å²) < 4.78 is 0. The van der Waals surface area contributed by atoms with Gasteiger partial charge in [-0.2, -0.15) is 0 Å². The van der Waals surface area contributed by atoms with Gasteiger partial charge < -0.3 is 10.2 Å². The van der Waals surface area contributed by atoms with Gasteiger partial charge in [0.1, 0.15) is 5.78 Å². The Morgan fingerprint density at radius 1 is 1.47 bits per heavy atom. The highest BCUT2D eigenvalue weighted by atomic mass is 16.1. The number of carbonyl (C=O) groups is 1. The zero-order valence-electron chi connectivity index (χ0n) is 9.68. The fraction of sp³-hybridized carbons (Fsp3) is 0.727. The average Bonchev–Trinajstić information content (AvgIpc) is 2.63. The molecule has 0 radical (unpaired) electrons. The standard InChI is InChI=1S/C11H21N3O/c1-3-4-5-8-14-9-11(12-13-14)7-6-10(2)15/h9,12-13H,3-8H2,1-2H3. The van der Waals surface area contributed by atoms with Crippen molar-refractivity contribution in [1.82, 2.24) is 16.0 Å². The van der Waals surface area contributed by atoms with Gasteiger partial charge in [0, 0.05) is 24.9 Å². The van der Waals surface area contributed by atoms with Gasteiger partial charge in [-0.1, -0.05) is 19.8 Å². The number of hydrazine groups is 2. The van der Waals surface area contributed by atoms with Crippen LogP contribution >= 0.6 is 0 Å². The predicted octanol–water partition coefficient (Wildman–Crippen LogP) is 1.71. The first-order valence-corrected chi connectivity index (χ1v) is 5.71. The van der Waals surface area contributed by atoms with Gasteiger partial charge in [-0.25, -0.2) is 0 Å². The molecule has 0 saturated heterocycles. The number of unbranched alkanes of at least 4 members (excludes halogenated alkanes) is 2. The van der Waals surface area contributed by atoms with E-state index >= 15 is 0 Å². The molecule has 1 rings (SSSR count). The van der Waals surface area contributed by atoms with E-state index in [9.17, 15) is 4.79 Å². The summed E-state index contributed by atoms with van der Waals surface area (Å²) in [6.45, 7) is 4.84. The molecule has 0 saturated carbocycles. The van der Waals surface area contributed by atoms with Crippen LogP contribution in [-0.2, 0) is 4.79 Å². The summed E-state index contributed by atoms with van der Waals surface area (Å²) in [6, 6.07) is 0. The molecular formula is C11H21N3O. The Labute approximate surface area is 91.7 Å². The Morgan fingerprint density at radius 2 is 2.27 bits per heavy atom. The predicted molar refractivity (Wildman–Crippen MR) is 60.5 cm³/mol. The maximum absolute atomic E-state index is 10.8. The largest absolute Gasteiger partial charge is 0.306 e. The van der Waals surface area contributed by atoms with E-state index in [0.717, 1.165) is 18.7 Å². The van der Waals surface area contributed by atoms with E-state index in [2.05, 4.69) is 24.1 Å². The van der Waals surface area contributed by atoms with Gasteiger partial charge in [0.15, 0.2) is 0 Å². The van der Waals surface area contributed by atoms with E-state index in [1.165, 1.54) is 19.3 Å². The Balaban J connectivity index is 2.19. The SMILES string of the molecule is CCCCCN1C=C(CCC(C)=O)NN1. The van der Waals surface area contributed by atoms with Crippen LogP contribution in [0.5, 0.6) is 0 Å². The van der Waals surface area contributed by atoms with Crippen LogP contribution in [0.4, 0.5) is 0 Å². The smallest absolute Gasteiger partial charge is 0.130 e. The van der Waals surface area contributed by atoms with Crippen molar-refractivity contribution in [2.75, 3.05) is 6.54 Å². The zero-order valence-corrected chi connectivity index (χ0v) is 9.68. The number of allylic oxidation sites excluding steroid dienone is 1. The summed E-state index contributed by atoms with van der Waals surface area (Å²) >= 11 is 0. The topological polar surface area (TPSA) is 44.4 Å². The molecule has 4 nitrogen and oxygen atoms in total. The molecule has 0 aromatic heterocycles. The van der Waals surface area contributed by atoms with Crippen LogP contribution in [0.3, 0.4) is 0 Å². The Hall–Kier alpha value is -1.03. The highest BCUT2D eigenvalue weighted by Crippen LogP contribution is 2.08. The first kappa shape index (κ1) is 12.0. The molecule has 1 heterocycles. The lowest BCUT2D eigenvalue weighted by atomic mass is 10.2. The molecule has 2 N–H and O–H groups in total. The molecule has 0 aromatic carbocycles. The van der Waals surface area contributed by atoms with Crippen molar-refractivity contribution >= 4 is 5.78 Å². The second-order valence-electron chi connectivity index (χ2n) is 3.99. The third-order valence-corrected chi connectivity index (χ3v) is 2.42. The molecule has 0 fully saturated rings. The first-order valence-electron chi connectivity index (χ1n) is 5.71. The molecule has 1 aliphatic heterocycles. The number of nitrogens with zero attached hydrogens (tertiary/aromatic N) is 1. The van der Waals surface area contributed by atoms with Gasteiger partial charge in [0.25, 0.3) is 0 Å². The van der Waals surface area contributed by atoms with Gasteiger partial charge in [-0.3, -0.25) is 5.01 Å². The fourth-order valence-electron chi connectivity index (χ4n) is 1.49. The fourth-order valence-corrected chi connectivity index (χ4v) is 1.49. The average molecular weight is 211 g/mol. The van der Waals surface area contributed by atoms with Crippen molar-refractivity contribution in [1.29, 1.82) is 0 Å². The van der Waals surface area contributed by atoms with Crippen LogP contribution < -0.4 is 11.0 Å². The Morgan fingerprint density at radius 3 is 2.93 bits per heavy atom. The maximum Gasteiger partial charge on any atom is 0.130 e. The summed E-state index contributed by atoms with van der Waals surface area (Å²) in [5.74, 6) is 0.238. The lowest BCUT2D eigenvalue weighted by Gasteiger charge is -2.14. The molecule has 4 heteroatoms. The Kier molecular flexibility index (Phi) is 5.18. The molecule has 0 aromatic rings. The van der Waals surface area contributed by atoms with Crippen LogP contribution in [0.15, 0.2) is 11.9 Å². The molecule has 86 valence electrons. The van der Waals surface area contributed by atoms with Crippen LogP contribution in [0, 0.1) is 0 Å². The van der Waals surface area contributed by atoms with E-state index in [4.69, 9.17) is 0 Å². The van der Waals surface area contributed by atoms with E-state index in [-0.39, 0.29) is 5.78 Å². The van der Waals surface area contributed by atoms with E-state index < -0.39 is 0 Å². The zero-order chi connectivity index (χ0) is 11.1. The highest BCUT2D eigenvalue weighted by molar-refractivity contribution is 5.75. The second kappa shape index (κ2) is 6.45. The van der Waals surface area contributed by atoms with Gasteiger partial charge in [0.05, 0.1) is 0 Å². The van der Waals surface area contributed by atoms with Crippen LogP contribution in [0.1, 0.15) is 46.0 Å². The van der Waals surface area contributed by atoms with E-state index in [1.807, 2.05) is 5.01 Å². The van der Waals surface area contributed by atoms with Crippen molar-refractivity contribution in [3.8, 4) is 0 Å². The van der Waals surface area contributed by atoms with Gasteiger partial charge in [-0.15, -0.1) is 5.53 Å². The van der Waals surface area contributed by atoms with Crippen molar-refractivity contribution in [2.24, 2.45) is 0 Å². The number of nitrogens with one attached hydrogen (secondary N) is 2. The first-order chi connectivity index (χ1) is 7.22. The third-order valence-electron chi connectivity index (χ3n) is 2.42. The Bertz CT molecular complexity index is 238. The lowest BCUT2D eigenvalue weighted by molar-refractivity contribution is -0.116. The van der Waals surface area contributed by atoms with Gasteiger partial charge in [0.2, 0.25) is 0 Å². The van der Waals surface area contributed by atoms with Gasteiger partial charge in [-0.05, 0) is 19.8 Å². The molecular weight excluding hydrogens is 190 g/mol. The molecule has 0 spiro atoms. The summed E-state index contributed by atoms with van der Waals surface area (Å²) in [6.07, 6.45) is 7.16. The summed E-state index contributed by atoms with van der Waals surface area (Å²) in [4.78, 5) is 10.8.